The van der Waals surface area contributed by atoms with Crippen LogP contribution >= 0.6 is 11.8 Å². The van der Waals surface area contributed by atoms with E-state index in [0.717, 1.165) is 4.90 Å². The average Bonchev–Trinajstić information content (AvgIpc) is 2.92. The number of amides is 1. The topological polar surface area (TPSA) is 58.4 Å². The molecule has 0 radical (unpaired) electrons. The van der Waals surface area contributed by atoms with Crippen molar-refractivity contribution < 1.29 is 9.18 Å². The number of carbonyl (C=O) groups excluding carboxylic acids is 1. The summed E-state index contributed by atoms with van der Waals surface area (Å²) in [4.78, 5) is 36.7. The van der Waals surface area contributed by atoms with Crippen LogP contribution in [0.5, 0.6) is 0 Å². The number of carbonyl (C=O) groups is 1. The minimum absolute atomic E-state index is 0.0199. The number of hydrogen-bond acceptors (Lipinski definition) is 5. The van der Waals surface area contributed by atoms with Crippen molar-refractivity contribution in [2.24, 2.45) is 0 Å². The van der Waals surface area contributed by atoms with E-state index in [-0.39, 0.29) is 29.4 Å². The lowest BCUT2D eigenvalue weighted by Crippen LogP contribution is -2.55. The third-order valence-electron chi connectivity index (χ3n) is 6.89. The minimum atomic E-state index is -0.361. The standard InChI is InChI=1S/C29H29FN4O2S/c1-20-18-32(16-17-33(20)27(35)19-37-24-8-4-3-5-9-24)21(2)28-31-26-11-7-6-10-25(26)29(36)34(28)23-14-12-22(30)13-15-23/h3-15,20-21H,16-19H2,1-2H3. The number of piperazine rings is 1. The molecule has 0 N–H and O–H groups in total. The molecule has 2 unspecified atom stereocenters. The Balaban J connectivity index is 1.38. The molecule has 1 amide bonds. The molecule has 37 heavy (non-hydrogen) atoms. The lowest BCUT2D eigenvalue weighted by atomic mass is 10.1. The lowest BCUT2D eigenvalue weighted by molar-refractivity contribution is -0.133. The summed E-state index contributed by atoms with van der Waals surface area (Å²) in [5, 5.41) is 0.516. The van der Waals surface area contributed by atoms with E-state index in [2.05, 4.69) is 11.8 Å². The number of halogens is 1. The zero-order valence-electron chi connectivity index (χ0n) is 20.9. The first-order valence-electron chi connectivity index (χ1n) is 12.4. The van der Waals surface area contributed by atoms with Gasteiger partial charge in [0.1, 0.15) is 11.6 Å². The van der Waals surface area contributed by atoms with Crippen LogP contribution in [-0.4, -0.2) is 56.7 Å². The van der Waals surface area contributed by atoms with Gasteiger partial charge in [-0.2, -0.15) is 0 Å². The summed E-state index contributed by atoms with van der Waals surface area (Å²) in [5.74, 6) is 0.767. The number of thioether (sulfide) groups is 1. The molecule has 6 nitrogen and oxygen atoms in total. The van der Waals surface area contributed by atoms with Crippen molar-refractivity contribution in [3.05, 3.63) is 101 Å². The fourth-order valence-electron chi connectivity index (χ4n) is 4.89. The third kappa shape index (κ3) is 5.31. The molecule has 0 bridgehead atoms. The normalized spacial score (nSPS) is 17.2. The van der Waals surface area contributed by atoms with Gasteiger partial charge >= 0.3 is 0 Å². The maximum absolute atomic E-state index is 13.7. The Morgan fingerprint density at radius 3 is 2.46 bits per heavy atom. The fraction of sp³-hybridized carbons (Fsp3) is 0.276. The van der Waals surface area contributed by atoms with E-state index in [1.807, 2.05) is 60.4 Å². The van der Waals surface area contributed by atoms with Crippen LogP contribution in [0.15, 0.2) is 88.6 Å². The quantitative estimate of drug-likeness (QED) is 0.341. The summed E-state index contributed by atoms with van der Waals surface area (Å²) in [6.45, 7) is 6.03. The molecule has 4 aromatic rings. The van der Waals surface area contributed by atoms with E-state index < -0.39 is 0 Å². The van der Waals surface area contributed by atoms with Gasteiger partial charge in [0.2, 0.25) is 5.91 Å². The van der Waals surface area contributed by atoms with Crippen molar-refractivity contribution in [2.75, 3.05) is 25.4 Å². The predicted molar refractivity (Wildman–Crippen MR) is 146 cm³/mol. The van der Waals surface area contributed by atoms with Crippen molar-refractivity contribution in [1.29, 1.82) is 0 Å². The number of aromatic nitrogens is 2. The van der Waals surface area contributed by atoms with Crippen molar-refractivity contribution >= 4 is 28.6 Å². The van der Waals surface area contributed by atoms with Gasteiger partial charge in [-0.15, -0.1) is 11.8 Å². The zero-order chi connectivity index (χ0) is 25.9. The number of rotatable bonds is 6. The van der Waals surface area contributed by atoms with Crippen molar-refractivity contribution in [3.8, 4) is 5.69 Å². The summed E-state index contributed by atoms with van der Waals surface area (Å²) in [5.41, 5.74) is 1.03. The first kappa shape index (κ1) is 25.2. The second kappa shape index (κ2) is 10.9. The smallest absolute Gasteiger partial charge is 0.266 e. The molecule has 0 aliphatic carbocycles. The maximum atomic E-state index is 13.7. The molecule has 1 fully saturated rings. The summed E-state index contributed by atoms with van der Waals surface area (Å²) in [6, 6.07) is 23.0. The highest BCUT2D eigenvalue weighted by Gasteiger charge is 2.32. The Bertz CT molecular complexity index is 1460. The van der Waals surface area contributed by atoms with E-state index >= 15 is 0 Å². The average molecular weight is 517 g/mol. The van der Waals surface area contributed by atoms with E-state index in [1.54, 1.807) is 34.5 Å². The highest BCUT2D eigenvalue weighted by atomic mass is 32.2. The van der Waals surface area contributed by atoms with Crippen LogP contribution in [0.4, 0.5) is 4.39 Å². The monoisotopic (exact) mass is 516 g/mol. The molecule has 1 aromatic heterocycles. The Hall–Kier alpha value is -3.49. The molecule has 1 saturated heterocycles. The molecule has 8 heteroatoms. The second-order valence-corrected chi connectivity index (χ2v) is 10.4. The van der Waals surface area contributed by atoms with Crippen molar-refractivity contribution in [1.82, 2.24) is 19.4 Å². The number of hydrogen-bond donors (Lipinski definition) is 0. The van der Waals surface area contributed by atoms with Crippen LogP contribution in [0.2, 0.25) is 0 Å². The number of benzene rings is 3. The summed E-state index contributed by atoms with van der Waals surface area (Å²) < 4.78 is 15.2. The zero-order valence-corrected chi connectivity index (χ0v) is 21.7. The summed E-state index contributed by atoms with van der Waals surface area (Å²) >= 11 is 1.55. The van der Waals surface area contributed by atoms with Crippen LogP contribution in [0.1, 0.15) is 25.7 Å². The number of nitrogens with zero attached hydrogens (tertiary/aromatic N) is 4. The molecule has 1 aliphatic heterocycles. The molecule has 3 aromatic carbocycles. The number of fused-ring (bicyclic) bond motifs is 1. The van der Waals surface area contributed by atoms with Gasteiger partial charge in [-0.3, -0.25) is 19.1 Å². The number of para-hydroxylation sites is 1. The van der Waals surface area contributed by atoms with Gasteiger partial charge in [-0.25, -0.2) is 9.37 Å². The molecule has 0 saturated carbocycles. The lowest BCUT2D eigenvalue weighted by Gasteiger charge is -2.42. The predicted octanol–water partition coefficient (Wildman–Crippen LogP) is 4.91. The molecule has 5 rings (SSSR count). The van der Waals surface area contributed by atoms with Gasteiger partial charge in [0.15, 0.2) is 0 Å². The van der Waals surface area contributed by atoms with E-state index in [1.165, 1.54) is 12.1 Å². The van der Waals surface area contributed by atoms with Gasteiger partial charge in [0.25, 0.3) is 5.56 Å². The molecule has 190 valence electrons. The van der Waals surface area contributed by atoms with Crippen LogP contribution in [-0.2, 0) is 4.79 Å². The van der Waals surface area contributed by atoms with E-state index in [9.17, 15) is 14.0 Å². The maximum Gasteiger partial charge on any atom is 0.266 e. The van der Waals surface area contributed by atoms with Crippen molar-refractivity contribution in [2.45, 2.75) is 30.8 Å². The first-order chi connectivity index (χ1) is 17.9. The Morgan fingerprint density at radius 1 is 1.03 bits per heavy atom. The minimum Gasteiger partial charge on any atom is -0.337 e. The van der Waals surface area contributed by atoms with Crippen molar-refractivity contribution in [3.63, 3.8) is 0 Å². The van der Waals surface area contributed by atoms with Gasteiger partial charge in [0, 0.05) is 30.6 Å². The molecule has 1 aliphatic rings. The SMILES string of the molecule is CC(c1nc2ccccc2c(=O)n1-c1ccc(F)cc1)N1CCN(C(=O)CSc2ccccc2)C(C)C1. The molecular weight excluding hydrogens is 487 g/mol. The van der Waals surface area contributed by atoms with Gasteiger partial charge in [-0.05, 0) is 62.4 Å². The molecule has 2 heterocycles. The van der Waals surface area contributed by atoms with Gasteiger partial charge in [-0.1, -0.05) is 30.3 Å². The van der Waals surface area contributed by atoms with Crippen LogP contribution in [0.25, 0.3) is 16.6 Å². The molecule has 0 spiro atoms. The Morgan fingerprint density at radius 2 is 1.73 bits per heavy atom. The molecular formula is C29H29FN4O2S. The summed E-state index contributed by atoms with van der Waals surface area (Å²) in [7, 11) is 0. The first-order valence-corrected chi connectivity index (χ1v) is 13.4. The highest BCUT2D eigenvalue weighted by molar-refractivity contribution is 8.00. The van der Waals surface area contributed by atoms with E-state index in [0.29, 0.717) is 47.8 Å². The highest BCUT2D eigenvalue weighted by Crippen LogP contribution is 2.26. The van der Waals surface area contributed by atoms with E-state index in [4.69, 9.17) is 4.98 Å². The second-order valence-electron chi connectivity index (χ2n) is 9.31. The van der Waals surface area contributed by atoms with Crippen LogP contribution in [0.3, 0.4) is 0 Å². The largest absolute Gasteiger partial charge is 0.337 e. The Kier molecular flexibility index (Phi) is 7.39. The fourth-order valence-corrected chi connectivity index (χ4v) is 5.69. The van der Waals surface area contributed by atoms with Crippen LogP contribution < -0.4 is 5.56 Å². The van der Waals surface area contributed by atoms with Gasteiger partial charge < -0.3 is 4.90 Å². The van der Waals surface area contributed by atoms with Crippen LogP contribution in [0, 0.1) is 5.82 Å². The van der Waals surface area contributed by atoms with Gasteiger partial charge in [0.05, 0.1) is 28.4 Å². The third-order valence-corrected chi connectivity index (χ3v) is 7.89. The summed E-state index contributed by atoms with van der Waals surface area (Å²) in [6.07, 6.45) is 0. The molecule has 2 atom stereocenters. The Labute approximate surface area is 219 Å².